The number of aliphatic hydroxyl groups excluding tert-OH is 1. The molecule has 0 aliphatic rings. The molecule has 0 spiro atoms. The van der Waals surface area contributed by atoms with Crippen molar-refractivity contribution in [1.29, 1.82) is 0 Å². The maximum absolute atomic E-state index is 13.5. The predicted molar refractivity (Wildman–Crippen MR) is 71.9 cm³/mol. The summed E-state index contributed by atoms with van der Waals surface area (Å²) in [6.07, 6.45) is 0.578. The number of hydrogen-bond acceptors (Lipinski definition) is 2. The Bertz CT molecular complexity index is 435. The molecule has 1 aromatic rings. The normalized spacial score (nSPS) is 11.4. The Balaban J connectivity index is 2.69. The van der Waals surface area contributed by atoms with Gasteiger partial charge in [-0.25, -0.2) is 4.39 Å². The maximum Gasteiger partial charge on any atom is 0.254 e. The van der Waals surface area contributed by atoms with Crippen molar-refractivity contribution >= 4 is 21.8 Å². The highest BCUT2D eigenvalue weighted by Crippen LogP contribution is 2.19. The summed E-state index contributed by atoms with van der Waals surface area (Å²) in [6.45, 7) is 4.31. The number of nitrogens with one attached hydrogen (secondary N) is 1. The van der Waals surface area contributed by atoms with E-state index in [4.69, 9.17) is 5.11 Å². The third-order valence-corrected chi connectivity index (χ3v) is 3.18. The van der Waals surface area contributed by atoms with E-state index >= 15 is 0 Å². The van der Waals surface area contributed by atoms with E-state index in [1.54, 1.807) is 6.07 Å². The molecule has 0 aliphatic heterocycles. The lowest BCUT2D eigenvalue weighted by molar-refractivity contribution is 0.0924. The Morgan fingerprint density at radius 1 is 1.50 bits per heavy atom. The summed E-state index contributed by atoms with van der Waals surface area (Å²) in [6, 6.07) is 4.24. The molecule has 0 heterocycles. The van der Waals surface area contributed by atoms with E-state index in [0.29, 0.717) is 17.4 Å². The number of carbonyl (C=O) groups is 1. The summed E-state index contributed by atoms with van der Waals surface area (Å²) >= 11 is 3.20. The van der Waals surface area contributed by atoms with Gasteiger partial charge in [0, 0.05) is 17.6 Å². The fraction of sp³-hybridized carbons (Fsp3) is 0.462. The summed E-state index contributed by atoms with van der Waals surface area (Å²) in [5.74, 6) is -0.990. The summed E-state index contributed by atoms with van der Waals surface area (Å²) in [7, 11) is 0. The number of hydrogen-bond donors (Lipinski definition) is 2. The topological polar surface area (TPSA) is 49.3 Å². The van der Waals surface area contributed by atoms with Crippen molar-refractivity contribution in [2.24, 2.45) is 5.41 Å². The van der Waals surface area contributed by atoms with E-state index in [0.717, 1.165) is 0 Å². The molecule has 0 unspecified atom stereocenters. The largest absolute Gasteiger partial charge is 0.396 e. The van der Waals surface area contributed by atoms with Gasteiger partial charge in [0.05, 0.1) is 5.56 Å². The second kappa shape index (κ2) is 6.29. The van der Waals surface area contributed by atoms with E-state index < -0.39 is 11.7 Å². The molecule has 1 rings (SSSR count). The lowest BCUT2D eigenvalue weighted by atomic mass is 9.89. The van der Waals surface area contributed by atoms with Gasteiger partial charge < -0.3 is 10.4 Å². The minimum absolute atomic E-state index is 0.0178. The van der Waals surface area contributed by atoms with Crippen molar-refractivity contribution in [3.8, 4) is 0 Å². The first-order valence-corrected chi connectivity index (χ1v) is 6.49. The van der Waals surface area contributed by atoms with E-state index in [-0.39, 0.29) is 17.6 Å². The Hall–Kier alpha value is -0.940. The Kier molecular flexibility index (Phi) is 5.28. The smallest absolute Gasteiger partial charge is 0.254 e. The molecule has 1 aromatic carbocycles. The van der Waals surface area contributed by atoms with Crippen LogP contribution in [-0.4, -0.2) is 24.2 Å². The van der Waals surface area contributed by atoms with Crippen molar-refractivity contribution in [2.75, 3.05) is 13.2 Å². The number of aliphatic hydroxyl groups is 1. The Labute approximate surface area is 115 Å². The summed E-state index contributed by atoms with van der Waals surface area (Å²) in [5.41, 5.74) is -0.198. The van der Waals surface area contributed by atoms with Crippen molar-refractivity contribution in [2.45, 2.75) is 20.3 Å². The van der Waals surface area contributed by atoms with Crippen LogP contribution in [0.4, 0.5) is 4.39 Å². The highest BCUT2D eigenvalue weighted by molar-refractivity contribution is 9.10. The zero-order valence-electron chi connectivity index (χ0n) is 10.5. The monoisotopic (exact) mass is 317 g/mol. The molecule has 0 bridgehead atoms. The van der Waals surface area contributed by atoms with Crippen molar-refractivity contribution in [1.82, 2.24) is 5.32 Å². The Morgan fingerprint density at radius 3 is 2.78 bits per heavy atom. The summed E-state index contributed by atoms with van der Waals surface area (Å²) < 4.78 is 14.1. The van der Waals surface area contributed by atoms with Crippen LogP contribution in [0.3, 0.4) is 0 Å². The molecule has 2 N–H and O–H groups in total. The Morgan fingerprint density at radius 2 is 2.17 bits per heavy atom. The quantitative estimate of drug-likeness (QED) is 0.877. The number of amides is 1. The van der Waals surface area contributed by atoms with Gasteiger partial charge in [-0.1, -0.05) is 29.8 Å². The average molecular weight is 318 g/mol. The molecule has 0 radical (unpaired) electrons. The first-order valence-electron chi connectivity index (χ1n) is 5.70. The number of rotatable bonds is 5. The molecule has 18 heavy (non-hydrogen) atoms. The van der Waals surface area contributed by atoms with Gasteiger partial charge in [-0.05, 0) is 30.0 Å². The SMILES string of the molecule is CC(C)(CCO)CNC(=O)c1cc(Br)ccc1F. The standard InChI is InChI=1S/C13H17BrFNO2/c1-13(2,5-6-17)8-16-12(18)10-7-9(14)3-4-11(10)15/h3-4,7,17H,5-6,8H2,1-2H3,(H,16,18). The molecule has 0 fully saturated rings. The van der Waals surface area contributed by atoms with Gasteiger partial charge in [-0.15, -0.1) is 0 Å². The van der Waals surface area contributed by atoms with Gasteiger partial charge in [-0.2, -0.15) is 0 Å². The van der Waals surface area contributed by atoms with E-state index in [9.17, 15) is 9.18 Å². The highest BCUT2D eigenvalue weighted by Gasteiger charge is 2.19. The minimum Gasteiger partial charge on any atom is -0.396 e. The first-order chi connectivity index (χ1) is 8.35. The van der Waals surface area contributed by atoms with Crippen LogP contribution < -0.4 is 5.32 Å². The van der Waals surface area contributed by atoms with Crippen LogP contribution in [0, 0.1) is 11.2 Å². The first kappa shape index (κ1) is 15.1. The third-order valence-electron chi connectivity index (χ3n) is 2.69. The lowest BCUT2D eigenvalue weighted by Crippen LogP contribution is -2.34. The molecule has 0 aliphatic carbocycles. The molecule has 1 amide bonds. The van der Waals surface area contributed by atoms with Gasteiger partial charge >= 0.3 is 0 Å². The minimum atomic E-state index is -0.546. The van der Waals surface area contributed by atoms with E-state index in [1.807, 2.05) is 13.8 Å². The molecule has 3 nitrogen and oxygen atoms in total. The van der Waals surface area contributed by atoms with Crippen LogP contribution in [0.1, 0.15) is 30.6 Å². The molecule has 0 saturated heterocycles. The molecule has 0 aromatic heterocycles. The average Bonchev–Trinajstić information content (AvgIpc) is 2.29. The fourth-order valence-electron chi connectivity index (χ4n) is 1.48. The van der Waals surface area contributed by atoms with Crippen LogP contribution >= 0.6 is 15.9 Å². The summed E-state index contributed by atoms with van der Waals surface area (Å²) in [4.78, 5) is 11.8. The number of halogens is 2. The van der Waals surface area contributed by atoms with Crippen LogP contribution in [0.5, 0.6) is 0 Å². The van der Waals surface area contributed by atoms with Crippen molar-refractivity contribution < 1.29 is 14.3 Å². The van der Waals surface area contributed by atoms with Crippen LogP contribution in [0.15, 0.2) is 22.7 Å². The van der Waals surface area contributed by atoms with E-state index in [2.05, 4.69) is 21.2 Å². The van der Waals surface area contributed by atoms with Gasteiger partial charge in [-0.3, -0.25) is 4.79 Å². The van der Waals surface area contributed by atoms with Gasteiger partial charge in [0.2, 0.25) is 0 Å². The zero-order chi connectivity index (χ0) is 13.8. The van der Waals surface area contributed by atoms with Crippen LogP contribution in [0.2, 0.25) is 0 Å². The molecular weight excluding hydrogens is 301 g/mol. The number of benzene rings is 1. The van der Waals surface area contributed by atoms with Gasteiger partial charge in [0.25, 0.3) is 5.91 Å². The molecule has 100 valence electrons. The second-order valence-corrected chi connectivity index (χ2v) is 5.86. The maximum atomic E-state index is 13.5. The molecule has 0 saturated carbocycles. The predicted octanol–water partition coefficient (Wildman–Crippen LogP) is 2.73. The molecule has 5 heteroatoms. The van der Waals surface area contributed by atoms with Crippen molar-refractivity contribution in [3.63, 3.8) is 0 Å². The van der Waals surface area contributed by atoms with Crippen molar-refractivity contribution in [3.05, 3.63) is 34.1 Å². The second-order valence-electron chi connectivity index (χ2n) is 4.94. The van der Waals surface area contributed by atoms with Gasteiger partial charge in [0.1, 0.15) is 5.82 Å². The lowest BCUT2D eigenvalue weighted by Gasteiger charge is -2.23. The van der Waals surface area contributed by atoms with Gasteiger partial charge in [0.15, 0.2) is 0 Å². The molecular formula is C13H17BrFNO2. The molecule has 0 atom stereocenters. The van der Waals surface area contributed by atoms with Crippen LogP contribution in [-0.2, 0) is 0 Å². The van der Waals surface area contributed by atoms with Crippen LogP contribution in [0.25, 0.3) is 0 Å². The third kappa shape index (κ3) is 4.38. The summed E-state index contributed by atoms with van der Waals surface area (Å²) in [5, 5.41) is 11.6. The number of carbonyl (C=O) groups excluding carboxylic acids is 1. The fourth-order valence-corrected chi connectivity index (χ4v) is 1.84. The highest BCUT2D eigenvalue weighted by atomic mass is 79.9. The zero-order valence-corrected chi connectivity index (χ0v) is 12.1. The van der Waals surface area contributed by atoms with E-state index in [1.165, 1.54) is 12.1 Å².